The molecule has 1 aromatic heterocycles. The first-order valence-electron chi connectivity index (χ1n) is 9.76. The minimum Gasteiger partial charge on any atom is -0.467 e. The molecule has 0 aliphatic heterocycles. The van der Waals surface area contributed by atoms with Crippen molar-refractivity contribution in [3.63, 3.8) is 0 Å². The van der Waals surface area contributed by atoms with Crippen molar-refractivity contribution in [1.82, 2.24) is 10.6 Å². The first-order chi connectivity index (χ1) is 13.1. The third-order valence-corrected chi connectivity index (χ3v) is 5.32. The lowest BCUT2D eigenvalue weighted by molar-refractivity contribution is -0.132. The van der Waals surface area contributed by atoms with Crippen LogP contribution in [0.4, 0.5) is 0 Å². The Kier molecular flexibility index (Phi) is 6.69. The largest absolute Gasteiger partial charge is 0.467 e. The summed E-state index contributed by atoms with van der Waals surface area (Å²) in [7, 11) is 0. The maximum atomic E-state index is 12.7. The Hall–Kier alpha value is -2.56. The van der Waals surface area contributed by atoms with E-state index in [4.69, 9.17) is 4.42 Å². The smallest absolute Gasteiger partial charge is 0.243 e. The zero-order valence-electron chi connectivity index (χ0n) is 15.8. The SMILES string of the molecule is CC1CCC(C(=O)N[C@@H](Cc2ccccc2)C(=O)NCc2ccco2)CC1. The van der Waals surface area contributed by atoms with Crippen molar-refractivity contribution in [2.45, 2.75) is 51.6 Å². The fourth-order valence-electron chi connectivity index (χ4n) is 3.58. The number of rotatable bonds is 7. The van der Waals surface area contributed by atoms with E-state index < -0.39 is 6.04 Å². The van der Waals surface area contributed by atoms with E-state index in [-0.39, 0.29) is 17.7 Å². The quantitative estimate of drug-likeness (QED) is 0.786. The molecule has 2 aromatic rings. The number of hydrogen-bond donors (Lipinski definition) is 2. The van der Waals surface area contributed by atoms with Crippen LogP contribution in [0.1, 0.15) is 43.9 Å². The number of benzene rings is 1. The molecule has 0 radical (unpaired) electrons. The molecule has 0 saturated heterocycles. The fourth-order valence-corrected chi connectivity index (χ4v) is 3.58. The van der Waals surface area contributed by atoms with Gasteiger partial charge in [-0.2, -0.15) is 0 Å². The Morgan fingerprint density at radius 2 is 1.81 bits per heavy atom. The van der Waals surface area contributed by atoms with Crippen LogP contribution in [0.25, 0.3) is 0 Å². The molecular formula is C22H28N2O3. The van der Waals surface area contributed by atoms with E-state index >= 15 is 0 Å². The van der Waals surface area contributed by atoms with Gasteiger partial charge in [-0.05, 0) is 49.3 Å². The van der Waals surface area contributed by atoms with Gasteiger partial charge in [0.25, 0.3) is 0 Å². The number of nitrogens with one attached hydrogen (secondary N) is 2. The van der Waals surface area contributed by atoms with Gasteiger partial charge < -0.3 is 15.1 Å². The number of carbonyl (C=O) groups is 2. The standard InChI is InChI=1S/C22H28N2O3/c1-16-9-11-18(12-10-16)21(25)24-20(14-17-6-3-2-4-7-17)22(26)23-15-19-8-5-13-27-19/h2-8,13,16,18,20H,9-12,14-15H2,1H3,(H,23,26)(H,24,25)/t16?,18?,20-/m0/s1. The highest BCUT2D eigenvalue weighted by Crippen LogP contribution is 2.28. The fraction of sp³-hybridized carbons (Fsp3) is 0.455. The monoisotopic (exact) mass is 368 g/mol. The summed E-state index contributed by atoms with van der Waals surface area (Å²) in [6.07, 6.45) is 6.00. The molecule has 5 heteroatoms. The zero-order chi connectivity index (χ0) is 19.1. The van der Waals surface area contributed by atoms with Gasteiger partial charge in [0.2, 0.25) is 11.8 Å². The van der Waals surface area contributed by atoms with E-state index in [0.29, 0.717) is 24.6 Å². The maximum Gasteiger partial charge on any atom is 0.243 e. The molecule has 1 fully saturated rings. The van der Waals surface area contributed by atoms with Crippen molar-refractivity contribution >= 4 is 11.8 Å². The molecule has 27 heavy (non-hydrogen) atoms. The summed E-state index contributed by atoms with van der Waals surface area (Å²) in [4.78, 5) is 25.5. The second-order valence-electron chi connectivity index (χ2n) is 7.50. The molecule has 1 aliphatic carbocycles. The molecule has 0 unspecified atom stereocenters. The molecule has 0 spiro atoms. The molecular weight excluding hydrogens is 340 g/mol. The molecule has 144 valence electrons. The van der Waals surface area contributed by atoms with Crippen molar-refractivity contribution < 1.29 is 14.0 Å². The minimum atomic E-state index is -0.589. The number of hydrogen-bond acceptors (Lipinski definition) is 3. The topological polar surface area (TPSA) is 71.3 Å². The normalized spacial score (nSPS) is 20.6. The highest BCUT2D eigenvalue weighted by molar-refractivity contribution is 5.88. The lowest BCUT2D eigenvalue weighted by Crippen LogP contribution is -2.49. The van der Waals surface area contributed by atoms with Crippen LogP contribution in [0.3, 0.4) is 0 Å². The number of carbonyl (C=O) groups excluding carboxylic acids is 2. The van der Waals surface area contributed by atoms with Crippen LogP contribution in [-0.2, 0) is 22.6 Å². The van der Waals surface area contributed by atoms with Crippen LogP contribution in [-0.4, -0.2) is 17.9 Å². The van der Waals surface area contributed by atoms with Crippen LogP contribution >= 0.6 is 0 Å². The van der Waals surface area contributed by atoms with Crippen LogP contribution in [0.2, 0.25) is 0 Å². The Morgan fingerprint density at radius 3 is 2.48 bits per heavy atom. The predicted molar refractivity (Wildman–Crippen MR) is 104 cm³/mol. The summed E-state index contributed by atoms with van der Waals surface area (Å²) in [5.41, 5.74) is 1.02. The molecule has 1 aliphatic rings. The Balaban J connectivity index is 1.63. The van der Waals surface area contributed by atoms with Gasteiger partial charge >= 0.3 is 0 Å². The van der Waals surface area contributed by atoms with E-state index in [0.717, 1.165) is 31.2 Å². The van der Waals surface area contributed by atoms with Crippen LogP contribution in [0, 0.1) is 11.8 Å². The van der Waals surface area contributed by atoms with E-state index in [1.165, 1.54) is 0 Å². The van der Waals surface area contributed by atoms with Crippen LogP contribution in [0.15, 0.2) is 53.1 Å². The Morgan fingerprint density at radius 1 is 1.07 bits per heavy atom. The van der Waals surface area contributed by atoms with Gasteiger partial charge in [-0.25, -0.2) is 0 Å². The molecule has 5 nitrogen and oxygen atoms in total. The van der Waals surface area contributed by atoms with Crippen molar-refractivity contribution in [1.29, 1.82) is 0 Å². The molecule has 1 atom stereocenters. The summed E-state index contributed by atoms with van der Waals surface area (Å²) in [6, 6.07) is 12.8. The van der Waals surface area contributed by atoms with E-state index in [1.54, 1.807) is 12.3 Å². The predicted octanol–water partition coefficient (Wildman–Crippen LogP) is 3.45. The number of amides is 2. The van der Waals surface area contributed by atoms with Crippen molar-refractivity contribution in [3.8, 4) is 0 Å². The van der Waals surface area contributed by atoms with Crippen molar-refractivity contribution in [2.24, 2.45) is 11.8 Å². The summed E-state index contributed by atoms with van der Waals surface area (Å²) in [5, 5.41) is 5.87. The minimum absolute atomic E-state index is 0.00372. The third kappa shape index (κ3) is 5.71. The molecule has 1 saturated carbocycles. The van der Waals surface area contributed by atoms with Gasteiger partial charge in [-0.15, -0.1) is 0 Å². The molecule has 2 amide bonds. The van der Waals surface area contributed by atoms with E-state index in [1.807, 2.05) is 36.4 Å². The average Bonchev–Trinajstić information content (AvgIpc) is 3.20. The number of furan rings is 1. The van der Waals surface area contributed by atoms with E-state index in [9.17, 15) is 9.59 Å². The van der Waals surface area contributed by atoms with Crippen molar-refractivity contribution in [3.05, 3.63) is 60.1 Å². The van der Waals surface area contributed by atoms with Gasteiger partial charge in [0, 0.05) is 12.3 Å². The third-order valence-electron chi connectivity index (χ3n) is 5.32. The first-order valence-corrected chi connectivity index (χ1v) is 9.76. The summed E-state index contributed by atoms with van der Waals surface area (Å²) >= 11 is 0. The second-order valence-corrected chi connectivity index (χ2v) is 7.50. The Labute approximate surface area is 160 Å². The highest BCUT2D eigenvalue weighted by Gasteiger charge is 2.28. The van der Waals surface area contributed by atoms with Gasteiger partial charge in [0.15, 0.2) is 0 Å². The van der Waals surface area contributed by atoms with E-state index in [2.05, 4.69) is 17.6 Å². The lowest BCUT2D eigenvalue weighted by Gasteiger charge is -2.27. The zero-order valence-corrected chi connectivity index (χ0v) is 15.8. The van der Waals surface area contributed by atoms with Gasteiger partial charge in [-0.1, -0.05) is 37.3 Å². The summed E-state index contributed by atoms with van der Waals surface area (Å²) in [5.74, 6) is 1.20. The molecule has 0 bridgehead atoms. The van der Waals surface area contributed by atoms with Crippen LogP contribution in [0.5, 0.6) is 0 Å². The maximum absolute atomic E-state index is 12.7. The second kappa shape index (κ2) is 9.40. The molecule has 2 N–H and O–H groups in total. The first kappa shape index (κ1) is 19.2. The lowest BCUT2D eigenvalue weighted by atomic mass is 9.82. The highest BCUT2D eigenvalue weighted by atomic mass is 16.3. The molecule has 3 rings (SSSR count). The Bertz CT molecular complexity index is 719. The molecule has 1 heterocycles. The summed E-state index contributed by atoms with van der Waals surface area (Å²) in [6.45, 7) is 2.54. The van der Waals surface area contributed by atoms with Crippen LogP contribution < -0.4 is 10.6 Å². The molecule has 1 aromatic carbocycles. The van der Waals surface area contributed by atoms with Gasteiger partial charge in [0.1, 0.15) is 11.8 Å². The summed E-state index contributed by atoms with van der Waals surface area (Å²) < 4.78 is 5.27. The average molecular weight is 368 g/mol. The van der Waals surface area contributed by atoms with Gasteiger partial charge in [-0.3, -0.25) is 9.59 Å². The van der Waals surface area contributed by atoms with Gasteiger partial charge in [0.05, 0.1) is 12.8 Å². The van der Waals surface area contributed by atoms with Crippen molar-refractivity contribution in [2.75, 3.05) is 0 Å².